The van der Waals surface area contributed by atoms with E-state index in [4.69, 9.17) is 34.8 Å². The van der Waals surface area contributed by atoms with Crippen molar-refractivity contribution < 1.29 is 4.79 Å². The molecule has 0 bridgehead atoms. The summed E-state index contributed by atoms with van der Waals surface area (Å²) in [5.74, 6) is -0.228. The highest BCUT2D eigenvalue weighted by molar-refractivity contribution is 6.44. The molecule has 0 aromatic heterocycles. The highest BCUT2D eigenvalue weighted by Crippen LogP contribution is 2.32. The van der Waals surface area contributed by atoms with Gasteiger partial charge in [-0.3, -0.25) is 4.79 Å². The van der Waals surface area contributed by atoms with Gasteiger partial charge in [-0.2, -0.15) is 0 Å². The number of amides is 1. The number of anilines is 2. The lowest BCUT2D eigenvalue weighted by atomic mass is 10.3. The van der Waals surface area contributed by atoms with E-state index in [1.807, 2.05) is 30.3 Å². The van der Waals surface area contributed by atoms with Gasteiger partial charge in [0, 0.05) is 5.69 Å². The van der Waals surface area contributed by atoms with E-state index in [0.29, 0.717) is 20.8 Å². The summed E-state index contributed by atoms with van der Waals surface area (Å²) in [6, 6.07) is 12.4. The Kier molecular flexibility index (Phi) is 5.12. The van der Waals surface area contributed by atoms with Crippen LogP contribution in [0.15, 0.2) is 42.5 Å². The summed E-state index contributed by atoms with van der Waals surface area (Å²) >= 11 is 17.7. The molecule has 6 heteroatoms. The molecule has 1 amide bonds. The van der Waals surface area contributed by atoms with E-state index in [-0.39, 0.29) is 12.5 Å². The molecule has 104 valence electrons. The van der Waals surface area contributed by atoms with Crippen LogP contribution in [0.4, 0.5) is 11.4 Å². The van der Waals surface area contributed by atoms with Crippen LogP contribution >= 0.6 is 34.8 Å². The highest BCUT2D eigenvalue weighted by atomic mass is 35.5. The third-order valence-corrected chi connectivity index (χ3v) is 3.55. The summed E-state index contributed by atoms with van der Waals surface area (Å²) in [6.45, 7) is 0.126. The number of rotatable bonds is 4. The van der Waals surface area contributed by atoms with E-state index < -0.39 is 0 Å². The van der Waals surface area contributed by atoms with Gasteiger partial charge in [0.1, 0.15) is 0 Å². The number of halogens is 3. The zero-order valence-corrected chi connectivity index (χ0v) is 12.6. The SMILES string of the molecule is O=C(CNc1ccccc1)Nc1cc(Cl)c(Cl)cc1Cl. The van der Waals surface area contributed by atoms with Crippen LogP contribution in [0.25, 0.3) is 0 Å². The average Bonchev–Trinajstić information content (AvgIpc) is 2.44. The third kappa shape index (κ3) is 4.04. The first-order valence-corrected chi connectivity index (χ1v) is 6.93. The zero-order valence-electron chi connectivity index (χ0n) is 10.3. The van der Waals surface area contributed by atoms with E-state index in [2.05, 4.69) is 10.6 Å². The Morgan fingerprint density at radius 1 is 0.950 bits per heavy atom. The average molecular weight is 330 g/mol. The second kappa shape index (κ2) is 6.84. The molecule has 0 heterocycles. The topological polar surface area (TPSA) is 41.1 Å². The molecule has 0 fully saturated rings. The summed E-state index contributed by atoms with van der Waals surface area (Å²) in [7, 11) is 0. The summed E-state index contributed by atoms with van der Waals surface area (Å²) in [5, 5.41) is 6.69. The number of carbonyl (C=O) groups excluding carboxylic acids is 1. The Balaban J connectivity index is 1.97. The number of hydrogen-bond acceptors (Lipinski definition) is 2. The summed E-state index contributed by atoms with van der Waals surface area (Å²) in [6.07, 6.45) is 0. The predicted octanol–water partition coefficient (Wildman–Crippen LogP) is 4.70. The smallest absolute Gasteiger partial charge is 0.243 e. The number of carbonyl (C=O) groups is 1. The molecular weight excluding hydrogens is 319 g/mol. The first-order chi connectivity index (χ1) is 9.56. The summed E-state index contributed by atoms with van der Waals surface area (Å²) in [4.78, 5) is 11.8. The maximum atomic E-state index is 11.8. The lowest BCUT2D eigenvalue weighted by molar-refractivity contribution is -0.114. The van der Waals surface area contributed by atoms with Crippen molar-refractivity contribution in [3.05, 3.63) is 57.5 Å². The fourth-order valence-electron chi connectivity index (χ4n) is 1.55. The Labute approximate surface area is 131 Å². The normalized spacial score (nSPS) is 10.2. The van der Waals surface area contributed by atoms with E-state index >= 15 is 0 Å². The maximum absolute atomic E-state index is 11.8. The van der Waals surface area contributed by atoms with Crippen molar-refractivity contribution in [2.45, 2.75) is 0 Å². The number of hydrogen-bond donors (Lipinski definition) is 2. The fourth-order valence-corrected chi connectivity index (χ4v) is 2.15. The largest absolute Gasteiger partial charge is 0.376 e. The van der Waals surface area contributed by atoms with Gasteiger partial charge in [-0.05, 0) is 24.3 Å². The second-order valence-electron chi connectivity index (χ2n) is 4.01. The van der Waals surface area contributed by atoms with Gasteiger partial charge in [0.15, 0.2) is 0 Å². The van der Waals surface area contributed by atoms with Crippen LogP contribution in [0.2, 0.25) is 15.1 Å². The van der Waals surface area contributed by atoms with Crippen LogP contribution in [-0.2, 0) is 4.79 Å². The molecule has 0 aliphatic carbocycles. The van der Waals surface area contributed by atoms with Crippen LogP contribution in [0.1, 0.15) is 0 Å². The van der Waals surface area contributed by atoms with Crippen molar-refractivity contribution in [1.82, 2.24) is 0 Å². The van der Waals surface area contributed by atoms with Crippen LogP contribution in [0.3, 0.4) is 0 Å². The first-order valence-electron chi connectivity index (χ1n) is 5.79. The molecule has 0 radical (unpaired) electrons. The van der Waals surface area contributed by atoms with E-state index in [1.54, 1.807) is 0 Å². The van der Waals surface area contributed by atoms with Gasteiger partial charge < -0.3 is 10.6 Å². The minimum atomic E-state index is -0.228. The molecular formula is C14H11Cl3N2O. The summed E-state index contributed by atoms with van der Waals surface area (Å²) in [5.41, 5.74) is 1.30. The number of benzene rings is 2. The minimum absolute atomic E-state index is 0.126. The molecule has 0 unspecified atom stereocenters. The quantitative estimate of drug-likeness (QED) is 0.798. The van der Waals surface area contributed by atoms with E-state index in [9.17, 15) is 4.79 Å². The minimum Gasteiger partial charge on any atom is -0.376 e. The van der Waals surface area contributed by atoms with Crippen molar-refractivity contribution >= 4 is 52.1 Å². The lowest BCUT2D eigenvalue weighted by Gasteiger charge is -2.10. The molecule has 2 aromatic rings. The molecule has 2 N–H and O–H groups in total. The number of nitrogens with one attached hydrogen (secondary N) is 2. The fraction of sp³-hybridized carbons (Fsp3) is 0.0714. The maximum Gasteiger partial charge on any atom is 0.243 e. The molecule has 3 nitrogen and oxygen atoms in total. The second-order valence-corrected chi connectivity index (χ2v) is 5.24. The molecule has 20 heavy (non-hydrogen) atoms. The van der Waals surface area contributed by atoms with Gasteiger partial charge in [-0.25, -0.2) is 0 Å². The molecule has 0 saturated carbocycles. The Morgan fingerprint density at radius 2 is 1.60 bits per heavy atom. The van der Waals surface area contributed by atoms with Gasteiger partial charge in [-0.15, -0.1) is 0 Å². The lowest BCUT2D eigenvalue weighted by Crippen LogP contribution is -2.21. The summed E-state index contributed by atoms with van der Waals surface area (Å²) < 4.78 is 0. The third-order valence-electron chi connectivity index (χ3n) is 2.51. The van der Waals surface area contributed by atoms with Gasteiger partial charge in [0.25, 0.3) is 0 Å². The molecule has 0 saturated heterocycles. The Hall–Kier alpha value is -1.42. The molecule has 0 atom stereocenters. The highest BCUT2D eigenvalue weighted by Gasteiger charge is 2.09. The van der Waals surface area contributed by atoms with Crippen molar-refractivity contribution in [3.8, 4) is 0 Å². The molecule has 0 aliphatic heterocycles. The standard InChI is InChI=1S/C14H11Cl3N2O/c15-10-6-12(17)13(7-11(10)16)19-14(20)8-18-9-4-2-1-3-5-9/h1-7,18H,8H2,(H,19,20). The van der Waals surface area contributed by atoms with Crippen molar-refractivity contribution in [3.63, 3.8) is 0 Å². The van der Waals surface area contributed by atoms with Crippen molar-refractivity contribution in [2.75, 3.05) is 17.2 Å². The zero-order chi connectivity index (χ0) is 14.5. The first kappa shape index (κ1) is 15.0. The molecule has 2 rings (SSSR count). The van der Waals surface area contributed by atoms with Crippen LogP contribution < -0.4 is 10.6 Å². The Bertz CT molecular complexity index is 617. The molecule has 0 aliphatic rings. The van der Waals surface area contributed by atoms with Crippen LogP contribution in [-0.4, -0.2) is 12.5 Å². The van der Waals surface area contributed by atoms with Crippen molar-refractivity contribution in [1.29, 1.82) is 0 Å². The van der Waals surface area contributed by atoms with Gasteiger partial charge in [-0.1, -0.05) is 53.0 Å². The van der Waals surface area contributed by atoms with Crippen LogP contribution in [0.5, 0.6) is 0 Å². The van der Waals surface area contributed by atoms with E-state index in [0.717, 1.165) is 5.69 Å². The van der Waals surface area contributed by atoms with Gasteiger partial charge in [0.2, 0.25) is 5.91 Å². The van der Waals surface area contributed by atoms with E-state index in [1.165, 1.54) is 12.1 Å². The van der Waals surface area contributed by atoms with Gasteiger partial charge in [0.05, 0.1) is 27.3 Å². The Morgan fingerprint density at radius 3 is 2.30 bits per heavy atom. The molecule has 0 spiro atoms. The number of para-hydroxylation sites is 1. The van der Waals surface area contributed by atoms with Gasteiger partial charge >= 0.3 is 0 Å². The molecule has 2 aromatic carbocycles. The predicted molar refractivity (Wildman–Crippen MR) is 85.0 cm³/mol. The van der Waals surface area contributed by atoms with Crippen molar-refractivity contribution in [2.24, 2.45) is 0 Å². The monoisotopic (exact) mass is 328 g/mol. The van der Waals surface area contributed by atoms with Crippen LogP contribution in [0, 0.1) is 0 Å².